The maximum atomic E-state index is 10.9. The molecule has 17 heteroatoms. The van der Waals surface area contributed by atoms with Gasteiger partial charge in [0.15, 0.2) is 0 Å². The molecule has 0 aliphatic carbocycles. The SMILES string of the molecule is COc1ccc(N=Cc2cc(S(=O)(=O)[O-])ccc2O)cc1.COc1ccc(N=Cc2cc(S(=O)(=O)[O-])ccc2O)cc1.[Cu].[Na+].[Na+]. The van der Waals surface area contributed by atoms with Gasteiger partial charge < -0.3 is 28.8 Å². The van der Waals surface area contributed by atoms with Crippen molar-refractivity contribution >= 4 is 44.0 Å². The van der Waals surface area contributed by atoms with Crippen molar-refractivity contribution in [1.82, 2.24) is 0 Å². The van der Waals surface area contributed by atoms with E-state index >= 15 is 0 Å². The first kappa shape index (κ1) is 42.8. The summed E-state index contributed by atoms with van der Waals surface area (Å²) in [7, 11) is -6.05. The second-order valence-corrected chi connectivity index (χ2v) is 11.0. The van der Waals surface area contributed by atoms with Gasteiger partial charge in [0.1, 0.15) is 43.2 Å². The molecule has 45 heavy (non-hydrogen) atoms. The van der Waals surface area contributed by atoms with Gasteiger partial charge in [-0.25, -0.2) is 16.8 Å². The van der Waals surface area contributed by atoms with E-state index in [1.54, 1.807) is 62.8 Å². The van der Waals surface area contributed by atoms with Gasteiger partial charge in [-0.2, -0.15) is 0 Å². The first-order valence-corrected chi connectivity index (χ1v) is 14.6. The molecule has 0 aromatic heterocycles. The number of methoxy groups -OCH3 is 2. The molecule has 2 N–H and O–H groups in total. The van der Waals surface area contributed by atoms with Gasteiger partial charge in [-0.15, -0.1) is 0 Å². The third kappa shape index (κ3) is 13.6. The van der Waals surface area contributed by atoms with E-state index in [4.69, 9.17) is 9.47 Å². The molecular formula is C28H24CuN2Na2O10S2. The number of nitrogens with zero attached hydrogens (tertiary/aromatic N) is 2. The molecule has 0 atom stereocenters. The smallest absolute Gasteiger partial charge is 0.744 e. The summed E-state index contributed by atoms with van der Waals surface area (Å²) in [6, 6.07) is 20.1. The van der Waals surface area contributed by atoms with Crippen molar-refractivity contribution < 1.29 is 122 Å². The summed E-state index contributed by atoms with van der Waals surface area (Å²) in [5, 5.41) is 19.3. The molecule has 1 radical (unpaired) electrons. The largest absolute Gasteiger partial charge is 1.00 e. The van der Waals surface area contributed by atoms with Crippen molar-refractivity contribution in [3.05, 3.63) is 96.1 Å². The van der Waals surface area contributed by atoms with Crippen LogP contribution in [0.2, 0.25) is 0 Å². The van der Waals surface area contributed by atoms with Crippen LogP contribution in [0.3, 0.4) is 0 Å². The minimum absolute atomic E-state index is 0. The number of aromatic hydroxyl groups is 2. The van der Waals surface area contributed by atoms with Gasteiger partial charge in [0.05, 0.1) is 35.4 Å². The molecule has 0 bridgehead atoms. The quantitative estimate of drug-likeness (QED) is 0.118. The molecule has 4 rings (SSSR count). The molecule has 0 aliphatic heterocycles. The Balaban J connectivity index is 0.000000807. The van der Waals surface area contributed by atoms with E-state index in [1.807, 2.05) is 0 Å². The Morgan fingerprint density at radius 2 is 0.911 bits per heavy atom. The molecule has 0 spiro atoms. The Labute approximate surface area is 315 Å². The first-order chi connectivity index (χ1) is 19.8. The van der Waals surface area contributed by atoms with Crippen LogP contribution in [0.25, 0.3) is 0 Å². The van der Waals surface area contributed by atoms with Gasteiger partial charge in [-0.3, -0.25) is 9.98 Å². The molecule has 0 amide bonds. The molecule has 0 saturated carbocycles. The van der Waals surface area contributed by atoms with Crippen LogP contribution >= 0.6 is 0 Å². The number of aliphatic imine (C=N–C) groups is 2. The van der Waals surface area contributed by atoms with Crippen LogP contribution in [-0.4, -0.2) is 62.8 Å². The summed E-state index contributed by atoms with van der Waals surface area (Å²) >= 11 is 0. The number of ether oxygens (including phenoxy) is 2. The summed E-state index contributed by atoms with van der Waals surface area (Å²) < 4.78 is 75.7. The van der Waals surface area contributed by atoms with Gasteiger partial charge in [-0.05, 0) is 84.9 Å². The molecule has 231 valence electrons. The van der Waals surface area contributed by atoms with E-state index in [9.17, 15) is 36.2 Å². The normalized spacial score (nSPS) is 10.9. The maximum absolute atomic E-state index is 10.9. The van der Waals surface area contributed by atoms with Crippen LogP contribution < -0.4 is 68.6 Å². The summed E-state index contributed by atoms with van der Waals surface area (Å²) in [6.07, 6.45) is 2.57. The van der Waals surface area contributed by atoms with Gasteiger partial charge in [0.2, 0.25) is 0 Å². The van der Waals surface area contributed by atoms with Crippen LogP contribution in [-0.2, 0) is 37.3 Å². The third-order valence-electron chi connectivity index (χ3n) is 5.43. The molecule has 4 aromatic rings. The summed E-state index contributed by atoms with van der Waals surface area (Å²) in [4.78, 5) is 7.36. The monoisotopic (exact) mass is 721 g/mol. The van der Waals surface area contributed by atoms with Crippen LogP contribution in [0.15, 0.2) is 105 Å². The Kier molecular flexibility index (Phi) is 18.5. The molecule has 0 unspecified atom stereocenters. The van der Waals surface area contributed by atoms with E-state index in [-0.39, 0.29) is 98.8 Å². The number of phenolic OH excluding ortho intramolecular Hbond substituents is 2. The number of hydrogen-bond acceptors (Lipinski definition) is 12. The second-order valence-electron chi connectivity index (χ2n) is 8.26. The van der Waals surface area contributed by atoms with E-state index in [0.29, 0.717) is 22.9 Å². The van der Waals surface area contributed by atoms with Gasteiger partial charge in [0, 0.05) is 40.6 Å². The van der Waals surface area contributed by atoms with Gasteiger partial charge >= 0.3 is 59.1 Å². The standard InChI is InChI=1S/2C14H13NO5S.Cu.2Na/c2*1-20-12-4-2-11(3-5-12)15-9-10-8-13(21(17,18)19)6-7-14(10)16;;;/h2*2-9,16H,1H3,(H,17,18,19);;;/q;;;2*+1/p-2. The minimum Gasteiger partial charge on any atom is -0.744 e. The number of hydrogen-bond donors (Lipinski definition) is 2. The van der Waals surface area contributed by atoms with Crippen LogP contribution in [0.5, 0.6) is 23.0 Å². The van der Waals surface area contributed by atoms with Crippen LogP contribution in [0, 0.1) is 0 Å². The van der Waals surface area contributed by atoms with Crippen molar-refractivity contribution in [2.24, 2.45) is 9.98 Å². The molecule has 0 aliphatic rings. The predicted molar refractivity (Wildman–Crippen MR) is 153 cm³/mol. The van der Waals surface area contributed by atoms with Gasteiger partial charge in [-0.1, -0.05) is 0 Å². The third-order valence-corrected chi connectivity index (χ3v) is 7.09. The van der Waals surface area contributed by atoms with Crippen molar-refractivity contribution in [1.29, 1.82) is 0 Å². The summed E-state index contributed by atoms with van der Waals surface area (Å²) in [6.45, 7) is 0. The molecule has 4 aromatic carbocycles. The number of benzene rings is 4. The molecule has 0 saturated heterocycles. The van der Waals surface area contributed by atoms with Crippen molar-refractivity contribution in [3.8, 4) is 23.0 Å². The van der Waals surface area contributed by atoms with Crippen molar-refractivity contribution in [2.45, 2.75) is 9.79 Å². The van der Waals surface area contributed by atoms with E-state index in [0.717, 1.165) is 36.4 Å². The Hall–Kier alpha value is -2.24. The molecular weight excluding hydrogens is 698 g/mol. The Morgan fingerprint density at radius 1 is 0.600 bits per heavy atom. The van der Waals surface area contributed by atoms with E-state index in [1.165, 1.54) is 12.4 Å². The Bertz CT molecular complexity index is 1690. The fraction of sp³-hybridized carbons (Fsp3) is 0.0714. The zero-order valence-corrected chi connectivity index (χ0v) is 31.0. The summed E-state index contributed by atoms with van der Waals surface area (Å²) in [5.74, 6) is 1.02. The zero-order chi connectivity index (χ0) is 30.9. The first-order valence-electron chi connectivity index (χ1n) is 11.7. The average Bonchev–Trinajstić information content (AvgIpc) is 2.96. The van der Waals surface area contributed by atoms with Crippen LogP contribution in [0.1, 0.15) is 11.1 Å². The average molecular weight is 722 g/mol. The predicted octanol–water partition coefficient (Wildman–Crippen LogP) is -1.88. The van der Waals surface area contributed by atoms with E-state index in [2.05, 4.69) is 9.98 Å². The minimum atomic E-state index is -4.57. The van der Waals surface area contributed by atoms with Crippen molar-refractivity contribution in [2.75, 3.05) is 14.2 Å². The molecule has 0 heterocycles. The summed E-state index contributed by atoms with van der Waals surface area (Å²) in [5.41, 5.74) is 1.46. The van der Waals surface area contributed by atoms with Crippen molar-refractivity contribution in [3.63, 3.8) is 0 Å². The molecule has 0 fully saturated rings. The van der Waals surface area contributed by atoms with Gasteiger partial charge in [0.25, 0.3) is 0 Å². The Morgan fingerprint density at radius 3 is 1.18 bits per heavy atom. The topological polar surface area (TPSA) is 198 Å². The zero-order valence-electron chi connectivity index (χ0n) is 24.4. The number of rotatable bonds is 8. The molecule has 12 nitrogen and oxygen atoms in total. The fourth-order valence-corrected chi connectivity index (χ4v) is 4.22. The second kappa shape index (κ2) is 19.4. The maximum Gasteiger partial charge on any atom is 1.00 e. The fourth-order valence-electron chi connectivity index (χ4n) is 3.21. The van der Waals surface area contributed by atoms with Crippen LogP contribution in [0.4, 0.5) is 11.4 Å². The van der Waals surface area contributed by atoms with E-state index < -0.39 is 30.0 Å². The number of phenols is 2.